The summed E-state index contributed by atoms with van der Waals surface area (Å²) in [5.41, 5.74) is 4.50. The van der Waals surface area contributed by atoms with Crippen molar-refractivity contribution in [2.24, 2.45) is 23.7 Å². The van der Waals surface area contributed by atoms with E-state index in [0.717, 1.165) is 39.8 Å². The van der Waals surface area contributed by atoms with Gasteiger partial charge in [0.2, 0.25) is 11.6 Å². The summed E-state index contributed by atoms with van der Waals surface area (Å²) >= 11 is 0. The average Bonchev–Trinajstić information content (AvgIpc) is 3.46. The smallest absolute Gasteiger partial charge is 0.214 e. The van der Waals surface area contributed by atoms with Gasteiger partial charge in [-0.3, -0.25) is 9.59 Å². The fourth-order valence-electron chi connectivity index (χ4n) is 8.36. The van der Waals surface area contributed by atoms with Crippen molar-refractivity contribution in [3.05, 3.63) is 118 Å². The molecule has 0 saturated heterocycles. The molecule has 6 atom stereocenters. The lowest BCUT2D eigenvalue weighted by Gasteiger charge is -2.62. The third-order valence-corrected chi connectivity index (χ3v) is 9.30. The fourth-order valence-corrected chi connectivity index (χ4v) is 8.36. The lowest BCUT2D eigenvalue weighted by Crippen LogP contribution is -2.70. The largest absolute Gasteiger partial charge is 0.289 e. The number of hydrogen-bond donors (Lipinski definition) is 0. The molecule has 8 rings (SSSR count). The van der Waals surface area contributed by atoms with Crippen LogP contribution in [0.1, 0.15) is 39.8 Å². The molecule has 3 aromatic rings. The third kappa shape index (κ3) is 1.95. The Kier molecular flexibility index (Phi) is 3.61. The molecular formula is C31H26O2. The molecule has 3 aromatic carbocycles. The number of allylic oxidation sites excluding steroid dienone is 2. The highest BCUT2D eigenvalue weighted by molar-refractivity contribution is 6.48. The molecule has 0 spiro atoms. The highest BCUT2D eigenvalue weighted by atomic mass is 16.2. The van der Waals surface area contributed by atoms with E-state index < -0.39 is 10.8 Å². The van der Waals surface area contributed by atoms with Crippen molar-refractivity contribution >= 4 is 11.6 Å². The number of ketones is 2. The third-order valence-electron chi connectivity index (χ3n) is 9.30. The zero-order valence-electron chi connectivity index (χ0n) is 18.9. The fraction of sp³-hybridized carbons (Fsp3) is 0.290. The molecule has 0 aliphatic heterocycles. The highest BCUT2D eigenvalue weighted by Gasteiger charge is 2.77. The first kappa shape index (κ1) is 19.2. The molecule has 2 saturated carbocycles. The minimum absolute atomic E-state index is 0.0910. The zero-order valence-corrected chi connectivity index (χ0v) is 18.9. The number of rotatable bonds is 2. The number of carbonyl (C=O) groups excluding carboxylic acids is 2. The molecule has 4 bridgehead atoms. The van der Waals surface area contributed by atoms with E-state index in [1.54, 1.807) is 0 Å². The molecule has 0 heterocycles. The first-order chi connectivity index (χ1) is 16.0. The van der Waals surface area contributed by atoms with Crippen LogP contribution >= 0.6 is 0 Å². The number of Topliss-reactive ketones (excluding diaryl/α,β-unsaturated/α-hetero) is 2. The maximum absolute atomic E-state index is 14.6. The summed E-state index contributed by atoms with van der Waals surface area (Å²) < 4.78 is 0. The molecule has 2 heteroatoms. The molecule has 2 nitrogen and oxygen atoms in total. The SMILES string of the molecule is Cc1ccccc1[C@]12C(=O)C(=O)[C@](c3ccccc3C)(c3ccccc31)[C@H]1[C@@H]2[C@@H]2C=C[C@H]1C2. The van der Waals surface area contributed by atoms with E-state index in [-0.39, 0.29) is 23.4 Å². The van der Waals surface area contributed by atoms with Crippen molar-refractivity contribution in [3.8, 4) is 0 Å². The second kappa shape index (κ2) is 6.20. The number of benzene rings is 3. The molecular weight excluding hydrogens is 404 g/mol. The van der Waals surface area contributed by atoms with Crippen LogP contribution in [0.2, 0.25) is 0 Å². The van der Waals surface area contributed by atoms with E-state index in [1.165, 1.54) is 0 Å². The molecule has 33 heavy (non-hydrogen) atoms. The Balaban J connectivity index is 1.69. The van der Waals surface area contributed by atoms with E-state index in [2.05, 4.69) is 62.4 Å². The minimum Gasteiger partial charge on any atom is -0.289 e. The van der Waals surface area contributed by atoms with Crippen LogP contribution in [-0.4, -0.2) is 11.6 Å². The van der Waals surface area contributed by atoms with Crippen molar-refractivity contribution in [2.75, 3.05) is 0 Å². The molecule has 0 radical (unpaired) electrons. The maximum Gasteiger partial charge on any atom is 0.214 e. The second-order valence-corrected chi connectivity index (χ2v) is 10.4. The molecule has 0 aromatic heterocycles. The van der Waals surface area contributed by atoms with Crippen molar-refractivity contribution in [1.82, 2.24) is 0 Å². The molecule has 5 aliphatic carbocycles. The van der Waals surface area contributed by atoms with E-state index in [4.69, 9.17) is 0 Å². The minimum atomic E-state index is -0.904. The summed E-state index contributed by atoms with van der Waals surface area (Å²) in [5, 5.41) is 0. The Morgan fingerprint density at radius 2 is 0.939 bits per heavy atom. The van der Waals surface area contributed by atoms with Crippen molar-refractivity contribution < 1.29 is 9.59 Å². The summed E-state index contributed by atoms with van der Waals surface area (Å²) in [7, 11) is 0. The van der Waals surface area contributed by atoms with Gasteiger partial charge >= 0.3 is 0 Å². The Morgan fingerprint density at radius 3 is 1.33 bits per heavy atom. The maximum atomic E-state index is 14.6. The van der Waals surface area contributed by atoms with Gasteiger partial charge in [0.1, 0.15) is 0 Å². The summed E-state index contributed by atoms with van der Waals surface area (Å²) in [6, 6.07) is 24.8. The topological polar surface area (TPSA) is 34.1 Å². The molecule has 162 valence electrons. The molecule has 0 unspecified atom stereocenters. The standard InChI is InChI=1S/C31H26O2/c1-18-9-3-5-11-22(18)30-24-13-7-8-14-25(24)31(29(33)28(30)32,23-12-6-4-10-19(23)2)27-21-16-15-20(17-21)26(27)30/h3-16,20-21,26-27H,17H2,1-2H3/t20-,21+,26+,27-,30+,31-. The van der Waals surface area contributed by atoms with Crippen LogP contribution < -0.4 is 0 Å². The van der Waals surface area contributed by atoms with Gasteiger partial charge in [-0.05, 0) is 77.3 Å². The Hall–Kier alpha value is -3.26. The van der Waals surface area contributed by atoms with Crippen LogP contribution in [0, 0.1) is 37.5 Å². The molecule has 2 fully saturated rings. The average molecular weight is 431 g/mol. The number of fused-ring (bicyclic) bond motifs is 3. The number of aryl methyl sites for hydroxylation is 2. The van der Waals surface area contributed by atoms with Crippen LogP contribution in [0.5, 0.6) is 0 Å². The highest BCUT2D eigenvalue weighted by Crippen LogP contribution is 2.72. The first-order valence-electron chi connectivity index (χ1n) is 12.0. The predicted octanol–water partition coefficient (Wildman–Crippen LogP) is 5.48. The number of carbonyl (C=O) groups is 2. The van der Waals surface area contributed by atoms with Crippen LogP contribution in [-0.2, 0) is 20.4 Å². The summed E-state index contributed by atoms with van der Waals surface area (Å²) in [6.45, 7) is 4.17. The number of hydrogen-bond acceptors (Lipinski definition) is 2. The van der Waals surface area contributed by atoms with Crippen LogP contribution in [0.4, 0.5) is 0 Å². The summed E-state index contributed by atoms with van der Waals surface area (Å²) in [5.74, 6) is 0.394. The van der Waals surface area contributed by atoms with Crippen molar-refractivity contribution in [2.45, 2.75) is 31.1 Å². The van der Waals surface area contributed by atoms with E-state index in [1.807, 2.05) is 36.4 Å². The lowest BCUT2D eigenvalue weighted by atomic mass is 9.37. The van der Waals surface area contributed by atoms with Gasteiger partial charge in [-0.15, -0.1) is 0 Å². The predicted molar refractivity (Wildman–Crippen MR) is 128 cm³/mol. The van der Waals surface area contributed by atoms with E-state index in [0.29, 0.717) is 11.8 Å². The first-order valence-corrected chi connectivity index (χ1v) is 12.0. The van der Waals surface area contributed by atoms with Gasteiger partial charge in [0.15, 0.2) is 0 Å². The molecule has 0 N–H and O–H groups in total. The second-order valence-electron chi connectivity index (χ2n) is 10.4. The van der Waals surface area contributed by atoms with E-state index >= 15 is 0 Å². The van der Waals surface area contributed by atoms with Gasteiger partial charge < -0.3 is 0 Å². The summed E-state index contributed by atoms with van der Waals surface area (Å²) in [6.07, 6.45) is 5.70. The van der Waals surface area contributed by atoms with Crippen LogP contribution in [0.25, 0.3) is 0 Å². The quantitative estimate of drug-likeness (QED) is 0.399. The van der Waals surface area contributed by atoms with Crippen molar-refractivity contribution in [3.63, 3.8) is 0 Å². The van der Waals surface area contributed by atoms with Crippen molar-refractivity contribution in [1.29, 1.82) is 0 Å². The Labute approximate surface area is 194 Å². The van der Waals surface area contributed by atoms with E-state index in [9.17, 15) is 9.59 Å². The Morgan fingerprint density at radius 1 is 0.576 bits per heavy atom. The summed E-state index contributed by atoms with van der Waals surface area (Å²) in [4.78, 5) is 29.1. The van der Waals surface area contributed by atoms with Gasteiger partial charge in [0.05, 0.1) is 10.8 Å². The normalized spacial score (nSPS) is 35.1. The van der Waals surface area contributed by atoms with Gasteiger partial charge in [0, 0.05) is 0 Å². The van der Waals surface area contributed by atoms with Gasteiger partial charge in [0.25, 0.3) is 0 Å². The van der Waals surface area contributed by atoms with Crippen LogP contribution in [0.15, 0.2) is 84.9 Å². The molecule has 0 amide bonds. The Bertz CT molecular complexity index is 1290. The molecule has 5 aliphatic rings. The van der Waals surface area contributed by atoms with Crippen LogP contribution in [0.3, 0.4) is 0 Å². The van der Waals surface area contributed by atoms with Gasteiger partial charge in [-0.2, -0.15) is 0 Å². The zero-order chi connectivity index (χ0) is 22.5. The monoisotopic (exact) mass is 430 g/mol. The van der Waals surface area contributed by atoms with Gasteiger partial charge in [-0.1, -0.05) is 84.9 Å². The van der Waals surface area contributed by atoms with Gasteiger partial charge in [-0.25, -0.2) is 0 Å². The lowest BCUT2D eigenvalue weighted by molar-refractivity contribution is -0.152.